The van der Waals surface area contributed by atoms with Crippen molar-refractivity contribution < 1.29 is 4.89 Å². The Morgan fingerprint density at radius 2 is 2.25 bits per heavy atom. The van der Waals surface area contributed by atoms with Gasteiger partial charge in [-0.05, 0) is 38.8 Å². The van der Waals surface area contributed by atoms with Crippen LogP contribution in [0.1, 0.15) is 13.3 Å². The van der Waals surface area contributed by atoms with Crippen LogP contribution in [0.3, 0.4) is 0 Å². The molecule has 0 saturated carbocycles. The molecular formula is C6H14OP. The third-order valence-electron chi connectivity index (χ3n) is 1.81. The van der Waals surface area contributed by atoms with Crippen molar-refractivity contribution in [3.05, 3.63) is 0 Å². The van der Waals surface area contributed by atoms with Gasteiger partial charge in [-0.1, -0.05) is 6.92 Å². The van der Waals surface area contributed by atoms with Crippen molar-refractivity contribution in [3.63, 3.8) is 0 Å². The van der Waals surface area contributed by atoms with E-state index in [1.165, 1.54) is 6.42 Å². The lowest BCUT2D eigenvalue weighted by Gasteiger charge is -2.16. The molecular weight excluding hydrogens is 119 g/mol. The maximum Gasteiger partial charge on any atom is -0.0113 e. The summed E-state index contributed by atoms with van der Waals surface area (Å²) in [6.45, 7) is 4.26. The zero-order chi connectivity index (χ0) is 6.20. The molecule has 0 bridgehead atoms. The third-order valence-corrected chi connectivity index (χ3v) is 4.44. The van der Waals surface area contributed by atoms with Crippen molar-refractivity contribution in [2.24, 2.45) is 5.92 Å². The molecule has 1 nitrogen and oxygen atoms in total. The summed E-state index contributed by atoms with van der Waals surface area (Å²) in [5.74, 6) is 0.790. The molecule has 0 spiro atoms. The molecule has 1 N–H and O–H groups in total. The molecule has 1 radical (unpaired) electrons. The second-order valence-corrected chi connectivity index (χ2v) is 6.63. The molecule has 1 saturated heterocycles. The standard InChI is InChI=1S/C6H14OP/c1-6-3-4-8(2,7)5-6/h6-7H,3-5H2,1-2H3. The van der Waals surface area contributed by atoms with E-state index < -0.39 is 7.49 Å². The van der Waals surface area contributed by atoms with Crippen molar-refractivity contribution >= 4 is 7.49 Å². The quantitative estimate of drug-likeness (QED) is 0.497. The van der Waals surface area contributed by atoms with Gasteiger partial charge in [0, 0.05) is 0 Å². The summed E-state index contributed by atoms with van der Waals surface area (Å²) >= 11 is 0. The summed E-state index contributed by atoms with van der Waals surface area (Å²) < 4.78 is 0. The lowest BCUT2D eigenvalue weighted by molar-refractivity contribution is 0.608. The van der Waals surface area contributed by atoms with Gasteiger partial charge in [-0.15, -0.1) is 0 Å². The largest absolute Gasteiger partial charge is 0.380 e. The van der Waals surface area contributed by atoms with Crippen molar-refractivity contribution in [2.75, 3.05) is 19.0 Å². The monoisotopic (exact) mass is 133 g/mol. The lowest BCUT2D eigenvalue weighted by Crippen LogP contribution is -1.92. The Kier molecular flexibility index (Phi) is 1.60. The zero-order valence-corrected chi connectivity index (χ0v) is 6.49. The maximum absolute atomic E-state index is 9.48. The van der Waals surface area contributed by atoms with Crippen LogP contribution in [-0.4, -0.2) is 23.9 Å². The van der Waals surface area contributed by atoms with E-state index in [2.05, 4.69) is 6.92 Å². The highest BCUT2D eigenvalue weighted by Crippen LogP contribution is 2.57. The average molecular weight is 133 g/mol. The van der Waals surface area contributed by atoms with Crippen LogP contribution in [0, 0.1) is 5.92 Å². The molecule has 0 aliphatic carbocycles. The second-order valence-electron chi connectivity index (χ2n) is 3.14. The fourth-order valence-electron chi connectivity index (χ4n) is 1.35. The molecule has 2 atom stereocenters. The second kappa shape index (κ2) is 1.97. The van der Waals surface area contributed by atoms with E-state index in [1.807, 2.05) is 6.66 Å². The first-order valence-corrected chi connectivity index (χ1v) is 5.73. The zero-order valence-electron chi connectivity index (χ0n) is 5.59. The first kappa shape index (κ1) is 6.51. The molecule has 0 aromatic rings. The molecule has 2 unspecified atom stereocenters. The van der Waals surface area contributed by atoms with Gasteiger partial charge in [0.2, 0.25) is 0 Å². The van der Waals surface area contributed by atoms with Gasteiger partial charge in [0.15, 0.2) is 0 Å². The molecule has 8 heavy (non-hydrogen) atoms. The van der Waals surface area contributed by atoms with Crippen molar-refractivity contribution in [1.29, 1.82) is 0 Å². The summed E-state index contributed by atoms with van der Waals surface area (Å²) in [5, 5.41) is 0. The molecule has 1 aliphatic heterocycles. The molecule has 1 rings (SSSR count). The van der Waals surface area contributed by atoms with Crippen LogP contribution in [0.15, 0.2) is 0 Å². The fourth-order valence-corrected chi connectivity index (χ4v) is 4.06. The first-order chi connectivity index (χ1) is 3.60. The molecule has 49 valence electrons. The van der Waals surface area contributed by atoms with Gasteiger partial charge in [0.25, 0.3) is 0 Å². The van der Waals surface area contributed by atoms with Crippen molar-refractivity contribution in [2.45, 2.75) is 13.3 Å². The van der Waals surface area contributed by atoms with Crippen LogP contribution >= 0.6 is 7.49 Å². The normalized spacial score (nSPS) is 47.6. The Morgan fingerprint density at radius 3 is 2.38 bits per heavy atom. The molecule has 1 aliphatic rings. The minimum Gasteiger partial charge on any atom is -0.380 e. The minimum absolute atomic E-state index is 0.790. The Bertz CT molecular complexity index is 90.5. The number of rotatable bonds is 0. The van der Waals surface area contributed by atoms with Crippen LogP contribution in [0.4, 0.5) is 0 Å². The predicted molar refractivity (Wildman–Crippen MR) is 38.6 cm³/mol. The summed E-state index contributed by atoms with van der Waals surface area (Å²) in [7, 11) is -1.35. The van der Waals surface area contributed by atoms with Crippen LogP contribution < -0.4 is 0 Å². The highest BCUT2D eigenvalue weighted by atomic mass is 31.2. The Labute approximate surface area is 51.5 Å². The topological polar surface area (TPSA) is 20.2 Å². The van der Waals surface area contributed by atoms with E-state index in [1.54, 1.807) is 0 Å². The highest BCUT2D eigenvalue weighted by molar-refractivity contribution is 7.69. The molecule has 2 heteroatoms. The SMILES string of the molecule is CC1CC[P](C)(O)C1. The molecule has 1 heterocycles. The Hall–Kier alpha value is 0.390. The van der Waals surface area contributed by atoms with Gasteiger partial charge in [-0.3, -0.25) is 0 Å². The molecule has 1 fully saturated rings. The highest BCUT2D eigenvalue weighted by Gasteiger charge is 2.27. The van der Waals surface area contributed by atoms with Crippen LogP contribution in [0.5, 0.6) is 0 Å². The summed E-state index contributed by atoms with van der Waals surface area (Å²) in [4.78, 5) is 9.48. The summed E-state index contributed by atoms with van der Waals surface area (Å²) in [6.07, 6.45) is 3.46. The molecule has 0 aromatic heterocycles. The number of hydrogen-bond acceptors (Lipinski definition) is 1. The van der Waals surface area contributed by atoms with Crippen molar-refractivity contribution in [1.82, 2.24) is 0 Å². The summed E-state index contributed by atoms with van der Waals surface area (Å²) in [6, 6.07) is 0. The van der Waals surface area contributed by atoms with Crippen LogP contribution in [0.25, 0.3) is 0 Å². The van der Waals surface area contributed by atoms with Gasteiger partial charge in [0.1, 0.15) is 0 Å². The van der Waals surface area contributed by atoms with E-state index in [0.717, 1.165) is 18.2 Å². The van der Waals surface area contributed by atoms with E-state index in [-0.39, 0.29) is 0 Å². The van der Waals surface area contributed by atoms with Gasteiger partial charge in [-0.2, -0.15) is 0 Å². The lowest BCUT2D eigenvalue weighted by atomic mass is 10.2. The van der Waals surface area contributed by atoms with E-state index in [0.29, 0.717) is 0 Å². The summed E-state index contributed by atoms with van der Waals surface area (Å²) in [5.41, 5.74) is 0. The maximum atomic E-state index is 9.48. The van der Waals surface area contributed by atoms with Gasteiger partial charge < -0.3 is 4.89 Å². The fraction of sp³-hybridized carbons (Fsp3) is 1.00. The average Bonchev–Trinajstić information content (AvgIpc) is 1.82. The van der Waals surface area contributed by atoms with Gasteiger partial charge in [-0.25, -0.2) is 0 Å². The van der Waals surface area contributed by atoms with Crippen LogP contribution in [0.2, 0.25) is 0 Å². The Balaban J connectivity index is 2.44. The number of hydrogen-bond donors (Lipinski definition) is 1. The van der Waals surface area contributed by atoms with Gasteiger partial charge in [0.05, 0.1) is 0 Å². The minimum atomic E-state index is -1.35. The van der Waals surface area contributed by atoms with Gasteiger partial charge >= 0.3 is 0 Å². The predicted octanol–water partition coefficient (Wildman–Crippen LogP) is 1.58. The molecule has 0 amide bonds. The smallest absolute Gasteiger partial charge is 0.0113 e. The van der Waals surface area contributed by atoms with E-state index in [4.69, 9.17) is 0 Å². The van der Waals surface area contributed by atoms with E-state index in [9.17, 15) is 4.89 Å². The molecule has 0 aromatic carbocycles. The first-order valence-electron chi connectivity index (χ1n) is 3.17. The van der Waals surface area contributed by atoms with E-state index >= 15 is 0 Å². The third kappa shape index (κ3) is 1.43. The van der Waals surface area contributed by atoms with Crippen LogP contribution in [-0.2, 0) is 0 Å². The Morgan fingerprint density at radius 1 is 1.62 bits per heavy atom. The van der Waals surface area contributed by atoms with Crippen molar-refractivity contribution in [3.8, 4) is 0 Å².